The SMILES string of the molecule is Cc1cc(C)n2nc(C(=O)Nc3cccn(C)c3=O)nc2n1. The minimum Gasteiger partial charge on any atom is -0.317 e. The van der Waals surface area contributed by atoms with Crippen molar-refractivity contribution in [2.75, 3.05) is 5.32 Å². The number of amides is 1. The van der Waals surface area contributed by atoms with E-state index in [2.05, 4.69) is 20.4 Å². The lowest BCUT2D eigenvalue weighted by Gasteiger charge is -2.03. The minimum absolute atomic E-state index is 0.0351. The maximum Gasteiger partial charge on any atom is 0.295 e. The molecule has 8 nitrogen and oxygen atoms in total. The fourth-order valence-electron chi connectivity index (χ4n) is 2.13. The van der Waals surface area contributed by atoms with Crippen molar-refractivity contribution in [2.24, 2.45) is 7.05 Å². The van der Waals surface area contributed by atoms with Crippen molar-refractivity contribution in [2.45, 2.75) is 13.8 Å². The molecule has 0 saturated carbocycles. The number of hydrogen-bond acceptors (Lipinski definition) is 5. The fourth-order valence-corrected chi connectivity index (χ4v) is 2.13. The zero-order valence-electron chi connectivity index (χ0n) is 12.4. The zero-order chi connectivity index (χ0) is 15.9. The van der Waals surface area contributed by atoms with E-state index in [-0.39, 0.29) is 17.1 Å². The second kappa shape index (κ2) is 5.06. The molecule has 0 unspecified atom stereocenters. The van der Waals surface area contributed by atoms with Crippen LogP contribution in [0.4, 0.5) is 5.69 Å². The van der Waals surface area contributed by atoms with E-state index in [0.29, 0.717) is 5.78 Å². The number of carbonyl (C=O) groups is 1. The van der Waals surface area contributed by atoms with Gasteiger partial charge in [0.1, 0.15) is 5.69 Å². The summed E-state index contributed by atoms with van der Waals surface area (Å²) >= 11 is 0. The Labute approximate surface area is 125 Å². The molecule has 0 aliphatic heterocycles. The highest BCUT2D eigenvalue weighted by molar-refractivity contribution is 6.01. The van der Waals surface area contributed by atoms with Gasteiger partial charge < -0.3 is 9.88 Å². The number of aryl methyl sites for hydroxylation is 3. The third-order valence-electron chi connectivity index (χ3n) is 3.19. The van der Waals surface area contributed by atoms with Crippen molar-refractivity contribution in [1.29, 1.82) is 0 Å². The molecule has 3 aromatic rings. The van der Waals surface area contributed by atoms with Crippen LogP contribution in [0.25, 0.3) is 5.78 Å². The Balaban J connectivity index is 1.97. The highest BCUT2D eigenvalue weighted by atomic mass is 16.2. The van der Waals surface area contributed by atoms with E-state index in [1.807, 2.05) is 19.9 Å². The second-order valence-electron chi connectivity index (χ2n) is 4.98. The van der Waals surface area contributed by atoms with Gasteiger partial charge in [0.15, 0.2) is 0 Å². The quantitative estimate of drug-likeness (QED) is 0.751. The van der Waals surface area contributed by atoms with Crippen LogP contribution in [0.5, 0.6) is 0 Å². The van der Waals surface area contributed by atoms with Gasteiger partial charge in [0.25, 0.3) is 17.2 Å². The molecule has 0 bridgehead atoms. The van der Waals surface area contributed by atoms with Crippen LogP contribution in [0.2, 0.25) is 0 Å². The van der Waals surface area contributed by atoms with Crippen LogP contribution in [0.3, 0.4) is 0 Å². The lowest BCUT2D eigenvalue weighted by molar-refractivity contribution is 0.101. The van der Waals surface area contributed by atoms with Crippen LogP contribution in [-0.2, 0) is 7.05 Å². The Bertz CT molecular complexity index is 940. The van der Waals surface area contributed by atoms with Gasteiger partial charge in [-0.25, -0.2) is 9.50 Å². The van der Waals surface area contributed by atoms with Gasteiger partial charge in [-0.05, 0) is 32.0 Å². The number of fused-ring (bicyclic) bond motifs is 1. The lowest BCUT2D eigenvalue weighted by Crippen LogP contribution is -2.24. The van der Waals surface area contributed by atoms with Gasteiger partial charge in [-0.1, -0.05) is 0 Å². The molecule has 3 heterocycles. The molecule has 0 aliphatic rings. The van der Waals surface area contributed by atoms with E-state index >= 15 is 0 Å². The zero-order valence-corrected chi connectivity index (χ0v) is 12.4. The minimum atomic E-state index is -0.550. The first kappa shape index (κ1) is 13.9. The van der Waals surface area contributed by atoms with Crippen LogP contribution in [0.1, 0.15) is 22.0 Å². The van der Waals surface area contributed by atoms with Crippen molar-refractivity contribution in [3.05, 3.63) is 52.0 Å². The number of carbonyl (C=O) groups excluding carboxylic acids is 1. The van der Waals surface area contributed by atoms with Crippen LogP contribution in [0.15, 0.2) is 29.2 Å². The summed E-state index contributed by atoms with van der Waals surface area (Å²) in [6.07, 6.45) is 1.61. The number of nitrogens with zero attached hydrogens (tertiary/aromatic N) is 5. The smallest absolute Gasteiger partial charge is 0.295 e. The third kappa shape index (κ3) is 2.34. The van der Waals surface area contributed by atoms with E-state index in [4.69, 9.17) is 0 Å². The van der Waals surface area contributed by atoms with E-state index < -0.39 is 5.91 Å². The van der Waals surface area contributed by atoms with Crippen molar-refractivity contribution < 1.29 is 4.79 Å². The van der Waals surface area contributed by atoms with Crippen LogP contribution >= 0.6 is 0 Å². The van der Waals surface area contributed by atoms with Gasteiger partial charge in [0, 0.05) is 24.6 Å². The first-order valence-corrected chi connectivity index (χ1v) is 6.64. The van der Waals surface area contributed by atoms with Gasteiger partial charge in [0.2, 0.25) is 5.82 Å². The molecular weight excluding hydrogens is 284 g/mol. The summed E-state index contributed by atoms with van der Waals surface area (Å²) in [5.74, 6) is -0.235. The molecule has 0 radical (unpaired) electrons. The van der Waals surface area contributed by atoms with Crippen molar-refractivity contribution in [1.82, 2.24) is 24.1 Å². The Morgan fingerprint density at radius 2 is 2.05 bits per heavy atom. The summed E-state index contributed by atoms with van der Waals surface area (Å²) < 4.78 is 2.87. The molecule has 112 valence electrons. The van der Waals surface area contributed by atoms with Gasteiger partial charge >= 0.3 is 0 Å². The molecule has 0 atom stereocenters. The molecule has 3 aromatic heterocycles. The first-order chi connectivity index (χ1) is 10.5. The van der Waals surface area contributed by atoms with E-state index in [1.165, 1.54) is 15.1 Å². The number of nitrogens with one attached hydrogen (secondary N) is 1. The molecule has 22 heavy (non-hydrogen) atoms. The van der Waals surface area contributed by atoms with E-state index in [9.17, 15) is 9.59 Å². The Kier molecular flexibility index (Phi) is 3.21. The van der Waals surface area contributed by atoms with Crippen molar-refractivity contribution in [3.63, 3.8) is 0 Å². The van der Waals surface area contributed by atoms with E-state index in [0.717, 1.165) is 11.4 Å². The molecule has 0 saturated heterocycles. The lowest BCUT2D eigenvalue weighted by atomic mass is 10.4. The second-order valence-corrected chi connectivity index (χ2v) is 4.98. The average molecular weight is 298 g/mol. The maximum absolute atomic E-state index is 12.2. The van der Waals surface area contributed by atoms with Crippen LogP contribution < -0.4 is 10.9 Å². The Morgan fingerprint density at radius 1 is 1.27 bits per heavy atom. The molecule has 1 amide bonds. The molecule has 3 rings (SSSR count). The number of hydrogen-bond donors (Lipinski definition) is 1. The predicted molar refractivity (Wildman–Crippen MR) is 79.9 cm³/mol. The number of anilines is 1. The highest BCUT2D eigenvalue weighted by Crippen LogP contribution is 2.07. The standard InChI is InChI=1S/C14H14N6O2/c1-8-7-9(2)20-14(15-8)17-11(18-20)12(21)16-10-5-4-6-19(3)13(10)22/h4-7H,1-3H3,(H,16,21). The molecule has 0 spiro atoms. The third-order valence-corrected chi connectivity index (χ3v) is 3.19. The number of rotatable bonds is 2. The summed E-state index contributed by atoms with van der Waals surface area (Å²) in [4.78, 5) is 32.4. The highest BCUT2D eigenvalue weighted by Gasteiger charge is 2.16. The molecule has 0 fully saturated rings. The summed E-state index contributed by atoms with van der Waals surface area (Å²) in [5.41, 5.74) is 1.49. The number of aromatic nitrogens is 5. The summed E-state index contributed by atoms with van der Waals surface area (Å²) in [7, 11) is 1.61. The fraction of sp³-hybridized carbons (Fsp3) is 0.214. The Hall–Kier alpha value is -3.03. The summed E-state index contributed by atoms with van der Waals surface area (Å²) in [5, 5.41) is 6.65. The van der Waals surface area contributed by atoms with Crippen molar-refractivity contribution >= 4 is 17.4 Å². The largest absolute Gasteiger partial charge is 0.317 e. The molecular formula is C14H14N6O2. The van der Waals surface area contributed by atoms with E-state index in [1.54, 1.807) is 19.3 Å². The van der Waals surface area contributed by atoms with Gasteiger partial charge in [0.05, 0.1) is 0 Å². The molecule has 1 N–H and O–H groups in total. The van der Waals surface area contributed by atoms with Crippen LogP contribution in [-0.4, -0.2) is 30.1 Å². The number of pyridine rings is 1. The monoisotopic (exact) mass is 298 g/mol. The van der Waals surface area contributed by atoms with Gasteiger partial charge in [-0.15, -0.1) is 5.10 Å². The summed E-state index contributed by atoms with van der Waals surface area (Å²) in [6.45, 7) is 3.69. The predicted octanol–water partition coefficient (Wildman–Crippen LogP) is 0.692. The normalized spacial score (nSPS) is 10.9. The van der Waals surface area contributed by atoms with Gasteiger partial charge in [-0.3, -0.25) is 9.59 Å². The first-order valence-electron chi connectivity index (χ1n) is 6.64. The molecule has 0 aromatic carbocycles. The van der Waals surface area contributed by atoms with Crippen molar-refractivity contribution in [3.8, 4) is 0 Å². The average Bonchev–Trinajstić information content (AvgIpc) is 2.88. The molecule has 0 aliphatic carbocycles. The van der Waals surface area contributed by atoms with Crippen LogP contribution in [0, 0.1) is 13.8 Å². The molecule has 8 heteroatoms. The van der Waals surface area contributed by atoms with Gasteiger partial charge in [-0.2, -0.15) is 4.98 Å². The Morgan fingerprint density at radius 3 is 2.82 bits per heavy atom. The topological polar surface area (TPSA) is 94.2 Å². The summed E-state index contributed by atoms with van der Waals surface area (Å²) in [6, 6.07) is 5.04. The maximum atomic E-state index is 12.2.